The third kappa shape index (κ3) is 2.65. The maximum Gasteiger partial charge on any atom is 0.226 e. The molecule has 4 unspecified atom stereocenters. The first-order valence-electron chi connectivity index (χ1n) is 7.19. The smallest absolute Gasteiger partial charge is 0.226 e. The van der Waals surface area contributed by atoms with Crippen LogP contribution in [0.4, 0.5) is 0 Å². The van der Waals surface area contributed by atoms with Crippen molar-refractivity contribution in [2.45, 2.75) is 64.5 Å². The fourth-order valence-electron chi connectivity index (χ4n) is 3.46. The van der Waals surface area contributed by atoms with E-state index in [1.807, 2.05) is 0 Å². The zero-order valence-corrected chi connectivity index (χ0v) is 11.2. The number of hydrogen-bond donors (Lipinski definition) is 1. The van der Waals surface area contributed by atoms with Crippen molar-refractivity contribution >= 4 is 5.91 Å². The van der Waals surface area contributed by atoms with E-state index in [0.29, 0.717) is 17.9 Å². The first-order valence-corrected chi connectivity index (χ1v) is 7.19. The van der Waals surface area contributed by atoms with Gasteiger partial charge in [0.2, 0.25) is 5.91 Å². The Labute approximate surface area is 105 Å². The Bertz CT molecular complexity index is 279. The standard InChI is InChI=1S/C14H26N2O/c1-3-12-5-4-8-16(12)14(17)13-9-11(15)7-6-10(13)2/h10-13H,3-9,15H2,1-2H3. The summed E-state index contributed by atoms with van der Waals surface area (Å²) in [5, 5.41) is 0. The van der Waals surface area contributed by atoms with Gasteiger partial charge in [0.05, 0.1) is 0 Å². The molecule has 4 atom stereocenters. The number of nitrogens with two attached hydrogens (primary N) is 1. The lowest BCUT2D eigenvalue weighted by Gasteiger charge is -2.36. The molecule has 2 fully saturated rings. The van der Waals surface area contributed by atoms with Crippen LogP contribution in [0.15, 0.2) is 0 Å². The minimum Gasteiger partial charge on any atom is -0.339 e. The fraction of sp³-hybridized carbons (Fsp3) is 0.929. The van der Waals surface area contributed by atoms with Crippen molar-refractivity contribution in [2.24, 2.45) is 17.6 Å². The first kappa shape index (κ1) is 12.9. The van der Waals surface area contributed by atoms with Crippen molar-refractivity contribution in [3.63, 3.8) is 0 Å². The number of likely N-dealkylation sites (tertiary alicyclic amines) is 1. The van der Waals surface area contributed by atoms with Crippen molar-refractivity contribution < 1.29 is 4.79 Å². The zero-order chi connectivity index (χ0) is 12.4. The maximum atomic E-state index is 12.6. The molecule has 0 radical (unpaired) electrons. The summed E-state index contributed by atoms with van der Waals surface area (Å²) in [6, 6.07) is 0.732. The second-order valence-corrected chi connectivity index (χ2v) is 5.89. The Morgan fingerprint density at radius 2 is 2.12 bits per heavy atom. The lowest BCUT2D eigenvalue weighted by atomic mass is 9.77. The highest BCUT2D eigenvalue weighted by Gasteiger charge is 2.37. The number of rotatable bonds is 2. The highest BCUT2D eigenvalue weighted by Crippen LogP contribution is 2.33. The quantitative estimate of drug-likeness (QED) is 0.801. The van der Waals surface area contributed by atoms with E-state index in [0.717, 1.165) is 32.2 Å². The molecule has 0 aromatic carbocycles. The van der Waals surface area contributed by atoms with Gasteiger partial charge in [0.1, 0.15) is 0 Å². The predicted molar refractivity (Wildman–Crippen MR) is 69.5 cm³/mol. The number of carbonyl (C=O) groups excluding carboxylic acids is 1. The van der Waals surface area contributed by atoms with Crippen LogP contribution in [0, 0.1) is 11.8 Å². The summed E-state index contributed by atoms with van der Waals surface area (Å²) in [7, 11) is 0. The predicted octanol–water partition coefficient (Wildman–Crippen LogP) is 2.15. The molecular weight excluding hydrogens is 212 g/mol. The van der Waals surface area contributed by atoms with E-state index in [9.17, 15) is 4.79 Å². The summed E-state index contributed by atoms with van der Waals surface area (Å²) >= 11 is 0. The minimum atomic E-state index is 0.186. The molecule has 1 aliphatic heterocycles. The molecule has 2 aliphatic rings. The van der Waals surface area contributed by atoms with Gasteiger partial charge in [-0.1, -0.05) is 13.8 Å². The monoisotopic (exact) mass is 238 g/mol. The summed E-state index contributed by atoms with van der Waals surface area (Å²) in [6.07, 6.45) is 6.56. The van der Waals surface area contributed by atoms with Crippen LogP contribution in [0.5, 0.6) is 0 Å². The van der Waals surface area contributed by atoms with E-state index in [-0.39, 0.29) is 12.0 Å². The highest BCUT2D eigenvalue weighted by molar-refractivity contribution is 5.80. The van der Waals surface area contributed by atoms with Crippen molar-refractivity contribution in [1.29, 1.82) is 0 Å². The molecule has 2 N–H and O–H groups in total. The normalized spacial score (nSPS) is 38.4. The van der Waals surface area contributed by atoms with Crippen molar-refractivity contribution in [3.05, 3.63) is 0 Å². The van der Waals surface area contributed by atoms with Gasteiger partial charge in [-0.25, -0.2) is 0 Å². The number of nitrogens with zero attached hydrogens (tertiary/aromatic N) is 1. The Kier molecular flexibility index (Phi) is 4.08. The molecule has 1 heterocycles. The lowest BCUT2D eigenvalue weighted by molar-refractivity contribution is -0.139. The summed E-state index contributed by atoms with van der Waals surface area (Å²) in [5.74, 6) is 1.09. The van der Waals surface area contributed by atoms with Crippen LogP contribution in [-0.2, 0) is 4.79 Å². The third-order valence-corrected chi connectivity index (χ3v) is 4.69. The minimum absolute atomic E-state index is 0.186. The van der Waals surface area contributed by atoms with Gasteiger partial charge in [0, 0.05) is 24.5 Å². The second-order valence-electron chi connectivity index (χ2n) is 5.89. The van der Waals surface area contributed by atoms with Gasteiger partial charge in [0.25, 0.3) is 0 Å². The van der Waals surface area contributed by atoms with Crippen molar-refractivity contribution in [2.75, 3.05) is 6.54 Å². The molecule has 98 valence electrons. The van der Waals surface area contributed by atoms with Crippen LogP contribution >= 0.6 is 0 Å². The first-order chi connectivity index (χ1) is 8.13. The molecule has 3 heteroatoms. The molecule has 0 spiro atoms. The van der Waals surface area contributed by atoms with E-state index in [1.165, 1.54) is 12.8 Å². The van der Waals surface area contributed by atoms with Crippen molar-refractivity contribution in [1.82, 2.24) is 4.90 Å². The van der Waals surface area contributed by atoms with Gasteiger partial charge < -0.3 is 10.6 Å². The molecule has 17 heavy (non-hydrogen) atoms. The highest BCUT2D eigenvalue weighted by atomic mass is 16.2. The van der Waals surface area contributed by atoms with Gasteiger partial charge in [-0.15, -0.1) is 0 Å². The van der Waals surface area contributed by atoms with E-state index in [4.69, 9.17) is 5.73 Å². The van der Waals surface area contributed by atoms with Crippen LogP contribution < -0.4 is 5.73 Å². The van der Waals surface area contributed by atoms with Gasteiger partial charge >= 0.3 is 0 Å². The van der Waals surface area contributed by atoms with E-state index < -0.39 is 0 Å². The third-order valence-electron chi connectivity index (χ3n) is 4.69. The molecular formula is C14H26N2O. The summed E-state index contributed by atoms with van der Waals surface area (Å²) in [4.78, 5) is 14.7. The van der Waals surface area contributed by atoms with Gasteiger partial charge in [-0.05, 0) is 44.4 Å². The molecule has 1 saturated heterocycles. The fourth-order valence-corrected chi connectivity index (χ4v) is 3.46. The SMILES string of the molecule is CCC1CCCN1C(=O)C1CC(N)CCC1C. The number of hydrogen-bond acceptors (Lipinski definition) is 2. The Morgan fingerprint density at radius 1 is 1.35 bits per heavy atom. The largest absolute Gasteiger partial charge is 0.339 e. The van der Waals surface area contributed by atoms with Crippen LogP contribution in [0.3, 0.4) is 0 Å². The molecule has 0 bridgehead atoms. The van der Waals surface area contributed by atoms with Crippen LogP contribution in [0.1, 0.15) is 52.4 Å². The van der Waals surface area contributed by atoms with Gasteiger partial charge in [-0.2, -0.15) is 0 Å². The molecule has 0 aromatic heterocycles. The second kappa shape index (κ2) is 5.38. The molecule has 1 amide bonds. The van der Waals surface area contributed by atoms with Gasteiger partial charge in [-0.3, -0.25) is 4.79 Å². The van der Waals surface area contributed by atoms with Crippen LogP contribution in [0.2, 0.25) is 0 Å². The number of amides is 1. The van der Waals surface area contributed by atoms with E-state index in [2.05, 4.69) is 18.7 Å². The average Bonchev–Trinajstić information content (AvgIpc) is 2.79. The molecule has 1 saturated carbocycles. The van der Waals surface area contributed by atoms with Crippen LogP contribution in [0.25, 0.3) is 0 Å². The Morgan fingerprint density at radius 3 is 2.82 bits per heavy atom. The molecule has 0 aromatic rings. The summed E-state index contributed by atoms with van der Waals surface area (Å²) < 4.78 is 0. The summed E-state index contributed by atoms with van der Waals surface area (Å²) in [6.45, 7) is 5.37. The Balaban J connectivity index is 2.02. The maximum absolute atomic E-state index is 12.6. The number of carbonyl (C=O) groups is 1. The molecule has 3 nitrogen and oxygen atoms in total. The Hall–Kier alpha value is -0.570. The van der Waals surface area contributed by atoms with Gasteiger partial charge in [0.15, 0.2) is 0 Å². The summed E-state index contributed by atoms with van der Waals surface area (Å²) in [5.41, 5.74) is 6.02. The van der Waals surface area contributed by atoms with Crippen molar-refractivity contribution in [3.8, 4) is 0 Å². The topological polar surface area (TPSA) is 46.3 Å². The van der Waals surface area contributed by atoms with Crippen LogP contribution in [-0.4, -0.2) is 29.4 Å². The van der Waals surface area contributed by atoms with E-state index >= 15 is 0 Å². The zero-order valence-electron chi connectivity index (χ0n) is 11.2. The average molecular weight is 238 g/mol. The molecule has 1 aliphatic carbocycles. The molecule has 2 rings (SSSR count). The lowest BCUT2D eigenvalue weighted by Crippen LogP contribution is -2.45. The van der Waals surface area contributed by atoms with E-state index in [1.54, 1.807) is 0 Å².